The van der Waals surface area contributed by atoms with E-state index in [0.29, 0.717) is 22.9 Å². The number of nitrogens with one attached hydrogen (secondary N) is 2. The number of hydrogen-bond donors (Lipinski definition) is 2. The highest BCUT2D eigenvalue weighted by molar-refractivity contribution is 6.24. The molecule has 0 fully saturated rings. The van der Waals surface area contributed by atoms with Crippen LogP contribution in [0.2, 0.25) is 0 Å². The Balaban J connectivity index is 1.79. The zero-order valence-corrected chi connectivity index (χ0v) is 18.5. The molecule has 3 aromatic carbocycles. The molecule has 1 atom stereocenters. The Hall–Kier alpha value is -3.64. The first-order valence-corrected chi connectivity index (χ1v) is 10.6. The average molecular weight is 430 g/mol. The molecule has 6 heteroatoms. The summed E-state index contributed by atoms with van der Waals surface area (Å²) in [5.41, 5.74) is 5.10. The lowest BCUT2D eigenvalue weighted by Crippen LogP contribution is -2.22. The van der Waals surface area contributed by atoms with Gasteiger partial charge in [0.05, 0.1) is 25.6 Å². The molecule has 1 aliphatic rings. The minimum absolute atomic E-state index is 0.123. The van der Waals surface area contributed by atoms with Gasteiger partial charge in [0.15, 0.2) is 11.5 Å². The second kappa shape index (κ2) is 9.66. The molecule has 32 heavy (non-hydrogen) atoms. The quantitative estimate of drug-likeness (QED) is 0.511. The topological polar surface area (TPSA) is 72.0 Å². The lowest BCUT2D eigenvalue weighted by atomic mass is 9.90. The first-order chi connectivity index (χ1) is 15.6. The van der Waals surface area contributed by atoms with Crippen LogP contribution in [0.4, 0.5) is 11.4 Å². The highest BCUT2D eigenvalue weighted by Gasteiger charge is 2.36. The van der Waals surface area contributed by atoms with Crippen molar-refractivity contribution in [1.82, 2.24) is 5.32 Å². The summed E-state index contributed by atoms with van der Waals surface area (Å²) in [7, 11) is 3.17. The number of hydrogen-bond acceptors (Lipinski definition) is 5. The number of fused-ring (bicyclic) bond motifs is 1. The molecule has 4 rings (SSSR count). The molecule has 0 saturated carbocycles. The summed E-state index contributed by atoms with van der Waals surface area (Å²) < 4.78 is 10.9. The van der Waals surface area contributed by atoms with E-state index in [1.54, 1.807) is 20.3 Å². The van der Waals surface area contributed by atoms with Crippen molar-refractivity contribution < 1.29 is 14.3 Å². The van der Waals surface area contributed by atoms with Crippen LogP contribution in [0, 0.1) is 0 Å². The molecule has 2 N–H and O–H groups in total. The van der Waals surface area contributed by atoms with Gasteiger partial charge in [-0.15, -0.1) is 0 Å². The standard InChI is InChI=1S/C26H27N3O3/c1-4-27-16-17-10-12-19(13-11-17)28-25(18-8-6-5-7-9-18)24-20-14-22(31-2)23(32-3)15-21(20)29-26(24)30/h5-15,24,27H,4,16H2,1-3H3,(H,29,30). The first kappa shape index (κ1) is 21.6. The molecule has 1 aliphatic heterocycles. The van der Waals surface area contributed by atoms with E-state index in [9.17, 15) is 4.79 Å². The number of benzene rings is 3. The van der Waals surface area contributed by atoms with E-state index in [2.05, 4.69) is 29.7 Å². The maximum atomic E-state index is 13.1. The van der Waals surface area contributed by atoms with Crippen LogP contribution in [0.1, 0.15) is 29.5 Å². The van der Waals surface area contributed by atoms with E-state index in [4.69, 9.17) is 14.5 Å². The van der Waals surface area contributed by atoms with Crippen LogP contribution >= 0.6 is 0 Å². The van der Waals surface area contributed by atoms with Crippen molar-refractivity contribution in [2.75, 3.05) is 26.1 Å². The predicted octanol–water partition coefficient (Wildman–Crippen LogP) is 4.67. The number of carbonyl (C=O) groups is 1. The van der Waals surface area contributed by atoms with Gasteiger partial charge in [0.1, 0.15) is 5.92 Å². The summed E-state index contributed by atoms with van der Waals surface area (Å²) in [5, 5.41) is 6.30. The Labute approximate surface area is 188 Å². The summed E-state index contributed by atoms with van der Waals surface area (Å²) in [5.74, 6) is 0.463. The Bertz CT molecular complexity index is 1130. The molecule has 0 bridgehead atoms. The predicted molar refractivity (Wildman–Crippen MR) is 127 cm³/mol. The lowest BCUT2D eigenvalue weighted by molar-refractivity contribution is -0.115. The van der Waals surface area contributed by atoms with Crippen molar-refractivity contribution in [3.8, 4) is 11.5 Å². The third-order valence-corrected chi connectivity index (χ3v) is 5.49. The summed E-state index contributed by atoms with van der Waals surface area (Å²) in [6, 6.07) is 21.5. The molecule has 1 heterocycles. The Kier molecular flexibility index (Phi) is 6.52. The molecule has 0 saturated heterocycles. The van der Waals surface area contributed by atoms with Gasteiger partial charge in [0, 0.05) is 18.3 Å². The van der Waals surface area contributed by atoms with Crippen LogP contribution in [-0.4, -0.2) is 32.4 Å². The number of ether oxygens (including phenoxy) is 2. The van der Waals surface area contributed by atoms with E-state index in [1.807, 2.05) is 48.5 Å². The number of carbonyl (C=O) groups excluding carboxylic acids is 1. The van der Waals surface area contributed by atoms with Crippen LogP contribution in [0.3, 0.4) is 0 Å². The van der Waals surface area contributed by atoms with Crippen molar-refractivity contribution in [3.05, 3.63) is 83.4 Å². The van der Waals surface area contributed by atoms with Gasteiger partial charge in [0.2, 0.25) is 5.91 Å². The molecular formula is C26H27N3O3. The number of amides is 1. The van der Waals surface area contributed by atoms with E-state index >= 15 is 0 Å². The largest absolute Gasteiger partial charge is 0.493 e. The SMILES string of the molecule is CCNCc1ccc(N=C(c2ccccc2)C2C(=O)Nc3cc(OC)c(OC)cc32)cc1. The summed E-state index contributed by atoms with van der Waals surface area (Å²) in [4.78, 5) is 18.1. The van der Waals surface area contributed by atoms with Gasteiger partial charge < -0.3 is 20.1 Å². The maximum absolute atomic E-state index is 13.1. The van der Waals surface area contributed by atoms with Crippen molar-refractivity contribution in [1.29, 1.82) is 0 Å². The number of methoxy groups -OCH3 is 2. The molecule has 6 nitrogen and oxygen atoms in total. The van der Waals surface area contributed by atoms with Crippen molar-refractivity contribution in [3.63, 3.8) is 0 Å². The zero-order chi connectivity index (χ0) is 22.5. The Morgan fingerprint density at radius 2 is 1.69 bits per heavy atom. The van der Waals surface area contributed by atoms with E-state index < -0.39 is 5.92 Å². The molecule has 164 valence electrons. The van der Waals surface area contributed by atoms with Gasteiger partial charge in [-0.25, -0.2) is 0 Å². The van der Waals surface area contributed by atoms with Crippen LogP contribution in [0.5, 0.6) is 11.5 Å². The molecule has 0 spiro atoms. The molecule has 1 amide bonds. The van der Waals surface area contributed by atoms with Crippen LogP contribution < -0.4 is 20.1 Å². The van der Waals surface area contributed by atoms with Gasteiger partial charge in [-0.1, -0.05) is 49.4 Å². The van der Waals surface area contributed by atoms with Gasteiger partial charge >= 0.3 is 0 Å². The number of rotatable bonds is 8. The van der Waals surface area contributed by atoms with Crippen molar-refractivity contribution >= 4 is 23.0 Å². The lowest BCUT2D eigenvalue weighted by Gasteiger charge is -2.15. The maximum Gasteiger partial charge on any atom is 0.238 e. The highest BCUT2D eigenvalue weighted by Crippen LogP contribution is 2.42. The summed E-state index contributed by atoms with van der Waals surface area (Å²) in [6.45, 7) is 3.81. The fourth-order valence-corrected chi connectivity index (χ4v) is 3.86. The van der Waals surface area contributed by atoms with Crippen LogP contribution in [0.25, 0.3) is 0 Å². The van der Waals surface area contributed by atoms with E-state index in [1.165, 1.54) is 5.56 Å². The van der Waals surface area contributed by atoms with Crippen LogP contribution in [-0.2, 0) is 11.3 Å². The molecule has 0 aliphatic carbocycles. The minimum Gasteiger partial charge on any atom is -0.493 e. The first-order valence-electron chi connectivity index (χ1n) is 10.6. The summed E-state index contributed by atoms with van der Waals surface area (Å²) in [6.07, 6.45) is 0. The van der Waals surface area contributed by atoms with Crippen molar-refractivity contribution in [2.24, 2.45) is 4.99 Å². The van der Waals surface area contributed by atoms with Gasteiger partial charge in [-0.2, -0.15) is 0 Å². The van der Waals surface area contributed by atoms with Crippen LogP contribution in [0.15, 0.2) is 71.7 Å². The van der Waals surface area contributed by atoms with Gasteiger partial charge in [-0.05, 0) is 41.4 Å². The number of nitrogens with zero attached hydrogens (tertiary/aromatic N) is 1. The monoisotopic (exact) mass is 429 g/mol. The second-order valence-electron chi connectivity index (χ2n) is 7.53. The number of aliphatic imine (C=N–C) groups is 1. The van der Waals surface area contributed by atoms with Crippen molar-refractivity contribution in [2.45, 2.75) is 19.4 Å². The minimum atomic E-state index is -0.561. The number of anilines is 1. The Morgan fingerprint density at radius 1 is 1.00 bits per heavy atom. The highest BCUT2D eigenvalue weighted by atomic mass is 16.5. The van der Waals surface area contributed by atoms with Gasteiger partial charge in [0.25, 0.3) is 0 Å². The normalized spacial score (nSPS) is 15.3. The van der Waals surface area contributed by atoms with Gasteiger partial charge in [-0.3, -0.25) is 9.79 Å². The molecule has 0 radical (unpaired) electrons. The van der Waals surface area contributed by atoms with E-state index in [0.717, 1.165) is 29.9 Å². The molecule has 0 aromatic heterocycles. The fraction of sp³-hybridized carbons (Fsp3) is 0.231. The van der Waals surface area contributed by atoms with E-state index in [-0.39, 0.29) is 5.91 Å². The smallest absolute Gasteiger partial charge is 0.238 e. The third kappa shape index (κ3) is 4.36. The molecular weight excluding hydrogens is 402 g/mol. The second-order valence-corrected chi connectivity index (χ2v) is 7.53. The fourth-order valence-electron chi connectivity index (χ4n) is 3.86. The Morgan fingerprint density at radius 3 is 2.34 bits per heavy atom. The molecule has 1 unspecified atom stereocenters. The zero-order valence-electron chi connectivity index (χ0n) is 18.5. The third-order valence-electron chi connectivity index (χ3n) is 5.49. The summed E-state index contributed by atoms with van der Waals surface area (Å²) >= 11 is 0. The average Bonchev–Trinajstić information content (AvgIpc) is 3.15. The molecule has 3 aromatic rings.